The van der Waals surface area contributed by atoms with E-state index in [1.54, 1.807) is 22.9 Å². The van der Waals surface area contributed by atoms with Crippen LogP contribution in [0.5, 0.6) is 0 Å². The molecule has 0 aliphatic rings. The highest BCUT2D eigenvalue weighted by Gasteiger charge is 2.04. The lowest BCUT2D eigenvalue weighted by molar-refractivity contribution is 0.298. The van der Waals surface area contributed by atoms with Gasteiger partial charge in [0.05, 0.1) is 5.69 Å². The first-order valence-corrected chi connectivity index (χ1v) is 4.04. The monoisotopic (exact) mass is 180 g/mol. The van der Waals surface area contributed by atoms with Crippen molar-refractivity contribution in [3.8, 4) is 0 Å². The van der Waals surface area contributed by atoms with Crippen molar-refractivity contribution < 1.29 is 9.50 Å². The quantitative estimate of drug-likeness (QED) is 0.748. The van der Waals surface area contributed by atoms with Gasteiger partial charge in [-0.25, -0.2) is 9.37 Å². The van der Waals surface area contributed by atoms with Crippen LogP contribution in [0.25, 0.3) is 5.65 Å². The molecule has 0 spiro atoms. The summed E-state index contributed by atoms with van der Waals surface area (Å²) in [6, 6.07) is 2.98. The molecule has 13 heavy (non-hydrogen) atoms. The van der Waals surface area contributed by atoms with E-state index in [1.165, 1.54) is 6.07 Å². The Bertz CT molecular complexity index is 424. The fourth-order valence-corrected chi connectivity index (χ4v) is 1.26. The first-order chi connectivity index (χ1) is 6.31. The van der Waals surface area contributed by atoms with Gasteiger partial charge in [0, 0.05) is 25.4 Å². The second-order valence-electron chi connectivity index (χ2n) is 2.79. The maximum absolute atomic E-state index is 13.1. The minimum atomic E-state index is -0.341. The molecule has 0 fully saturated rings. The Hall–Kier alpha value is -1.42. The molecule has 0 aliphatic heterocycles. The standard InChI is InChI=1S/C9H9FN2O/c10-8-2-1-4-12-6-7(3-5-13)11-9(8)12/h1-2,4,6,13H,3,5H2. The Morgan fingerprint density at radius 2 is 2.38 bits per heavy atom. The average molecular weight is 180 g/mol. The Kier molecular flexibility index (Phi) is 1.98. The highest BCUT2D eigenvalue weighted by Crippen LogP contribution is 2.09. The Balaban J connectivity index is 2.55. The largest absolute Gasteiger partial charge is 0.396 e. The normalized spacial score (nSPS) is 10.9. The summed E-state index contributed by atoms with van der Waals surface area (Å²) in [5.74, 6) is -0.341. The third-order valence-electron chi connectivity index (χ3n) is 1.85. The van der Waals surface area contributed by atoms with E-state index in [-0.39, 0.29) is 12.4 Å². The summed E-state index contributed by atoms with van der Waals surface area (Å²) in [4.78, 5) is 4.03. The number of hydrogen-bond donors (Lipinski definition) is 1. The molecule has 0 bridgehead atoms. The molecule has 2 aromatic rings. The van der Waals surface area contributed by atoms with Gasteiger partial charge in [-0.1, -0.05) is 0 Å². The highest BCUT2D eigenvalue weighted by molar-refractivity contribution is 5.41. The van der Waals surface area contributed by atoms with Crippen molar-refractivity contribution in [1.82, 2.24) is 9.38 Å². The first-order valence-electron chi connectivity index (χ1n) is 4.04. The van der Waals surface area contributed by atoms with Gasteiger partial charge in [0.1, 0.15) is 0 Å². The predicted molar refractivity (Wildman–Crippen MR) is 45.9 cm³/mol. The van der Waals surface area contributed by atoms with Crippen LogP contribution < -0.4 is 0 Å². The van der Waals surface area contributed by atoms with Crippen molar-refractivity contribution in [3.63, 3.8) is 0 Å². The fraction of sp³-hybridized carbons (Fsp3) is 0.222. The molecule has 2 rings (SSSR count). The molecule has 0 atom stereocenters. The van der Waals surface area contributed by atoms with E-state index in [0.717, 1.165) is 0 Å². The summed E-state index contributed by atoms with van der Waals surface area (Å²) in [5, 5.41) is 8.67. The number of hydrogen-bond acceptors (Lipinski definition) is 2. The van der Waals surface area contributed by atoms with Crippen LogP contribution in [0.2, 0.25) is 0 Å². The molecule has 68 valence electrons. The van der Waals surface area contributed by atoms with Crippen molar-refractivity contribution in [1.29, 1.82) is 0 Å². The molecule has 0 aliphatic carbocycles. The van der Waals surface area contributed by atoms with Crippen LogP contribution in [0, 0.1) is 5.82 Å². The van der Waals surface area contributed by atoms with Gasteiger partial charge >= 0.3 is 0 Å². The molecule has 2 heterocycles. The minimum absolute atomic E-state index is 0.0332. The summed E-state index contributed by atoms with van der Waals surface area (Å²) >= 11 is 0. The zero-order valence-corrected chi connectivity index (χ0v) is 6.94. The van der Waals surface area contributed by atoms with Gasteiger partial charge in [0.2, 0.25) is 0 Å². The number of aliphatic hydroxyl groups excluding tert-OH is 1. The van der Waals surface area contributed by atoms with Crippen LogP contribution in [0.4, 0.5) is 4.39 Å². The number of nitrogens with zero attached hydrogens (tertiary/aromatic N) is 2. The summed E-state index contributed by atoms with van der Waals surface area (Å²) in [7, 11) is 0. The third kappa shape index (κ3) is 1.40. The van der Waals surface area contributed by atoms with Crippen molar-refractivity contribution in [2.75, 3.05) is 6.61 Å². The Morgan fingerprint density at radius 1 is 1.54 bits per heavy atom. The fourth-order valence-electron chi connectivity index (χ4n) is 1.26. The van der Waals surface area contributed by atoms with E-state index in [9.17, 15) is 4.39 Å². The number of aliphatic hydroxyl groups is 1. The van der Waals surface area contributed by atoms with E-state index in [1.807, 2.05) is 0 Å². The van der Waals surface area contributed by atoms with Crippen molar-refractivity contribution in [2.45, 2.75) is 6.42 Å². The molecular formula is C9H9FN2O. The lowest BCUT2D eigenvalue weighted by atomic mass is 10.4. The van der Waals surface area contributed by atoms with Gasteiger partial charge in [-0.3, -0.25) is 0 Å². The molecule has 3 nitrogen and oxygen atoms in total. The number of pyridine rings is 1. The second-order valence-corrected chi connectivity index (χ2v) is 2.79. The highest BCUT2D eigenvalue weighted by atomic mass is 19.1. The molecule has 4 heteroatoms. The van der Waals surface area contributed by atoms with Gasteiger partial charge < -0.3 is 9.51 Å². The van der Waals surface area contributed by atoms with Gasteiger partial charge in [0.25, 0.3) is 0 Å². The maximum Gasteiger partial charge on any atom is 0.173 e. The van der Waals surface area contributed by atoms with Crippen molar-refractivity contribution in [2.24, 2.45) is 0 Å². The average Bonchev–Trinajstić information content (AvgIpc) is 2.49. The smallest absolute Gasteiger partial charge is 0.173 e. The molecule has 0 unspecified atom stereocenters. The number of imidazole rings is 1. The number of rotatable bonds is 2. The van der Waals surface area contributed by atoms with E-state index >= 15 is 0 Å². The zero-order chi connectivity index (χ0) is 9.26. The summed E-state index contributed by atoms with van der Waals surface area (Å²) in [5.41, 5.74) is 1.01. The van der Waals surface area contributed by atoms with E-state index < -0.39 is 0 Å². The molecular weight excluding hydrogens is 171 g/mol. The number of aromatic nitrogens is 2. The van der Waals surface area contributed by atoms with Crippen LogP contribution in [0.15, 0.2) is 24.5 Å². The van der Waals surface area contributed by atoms with Crippen LogP contribution in [-0.2, 0) is 6.42 Å². The molecule has 1 N–H and O–H groups in total. The predicted octanol–water partition coefficient (Wildman–Crippen LogP) is 1.01. The SMILES string of the molecule is OCCc1cn2cccc(F)c2n1. The van der Waals surface area contributed by atoms with Crippen LogP contribution >= 0.6 is 0 Å². The Labute approximate surface area is 74.5 Å². The third-order valence-corrected chi connectivity index (χ3v) is 1.85. The molecule has 0 saturated carbocycles. The zero-order valence-electron chi connectivity index (χ0n) is 6.94. The lowest BCUT2D eigenvalue weighted by Crippen LogP contribution is -1.89. The van der Waals surface area contributed by atoms with E-state index in [0.29, 0.717) is 17.8 Å². The van der Waals surface area contributed by atoms with E-state index in [2.05, 4.69) is 4.98 Å². The number of fused-ring (bicyclic) bond motifs is 1. The van der Waals surface area contributed by atoms with E-state index in [4.69, 9.17) is 5.11 Å². The maximum atomic E-state index is 13.1. The molecule has 0 aromatic carbocycles. The van der Waals surface area contributed by atoms with Crippen LogP contribution in [-0.4, -0.2) is 21.1 Å². The molecule has 0 saturated heterocycles. The summed E-state index contributed by atoms with van der Waals surface area (Å²) < 4.78 is 14.7. The minimum Gasteiger partial charge on any atom is -0.396 e. The van der Waals surface area contributed by atoms with Crippen LogP contribution in [0.3, 0.4) is 0 Å². The Morgan fingerprint density at radius 3 is 3.08 bits per heavy atom. The van der Waals surface area contributed by atoms with Gasteiger partial charge in [-0.05, 0) is 12.1 Å². The summed E-state index contributed by atoms with van der Waals surface area (Å²) in [6.07, 6.45) is 3.90. The van der Waals surface area contributed by atoms with Gasteiger partial charge in [-0.15, -0.1) is 0 Å². The lowest BCUT2D eigenvalue weighted by Gasteiger charge is -1.90. The number of halogens is 1. The van der Waals surface area contributed by atoms with Gasteiger partial charge in [-0.2, -0.15) is 0 Å². The first kappa shape index (κ1) is 8.19. The topological polar surface area (TPSA) is 37.5 Å². The van der Waals surface area contributed by atoms with Gasteiger partial charge in [0.15, 0.2) is 11.5 Å². The van der Waals surface area contributed by atoms with Crippen molar-refractivity contribution in [3.05, 3.63) is 36.0 Å². The second kappa shape index (κ2) is 3.14. The molecule has 0 radical (unpaired) electrons. The van der Waals surface area contributed by atoms with Crippen LogP contribution in [0.1, 0.15) is 5.69 Å². The van der Waals surface area contributed by atoms with Crippen molar-refractivity contribution >= 4 is 5.65 Å². The molecule has 0 amide bonds. The molecule has 2 aromatic heterocycles. The summed E-state index contributed by atoms with van der Waals surface area (Å²) in [6.45, 7) is 0.0332.